The maximum absolute atomic E-state index is 12.7. The highest BCUT2D eigenvalue weighted by Gasteiger charge is 2.18. The first-order chi connectivity index (χ1) is 14.3. The third-order valence-electron chi connectivity index (χ3n) is 4.97. The number of nitrogens with one attached hydrogen (secondary N) is 2. The van der Waals surface area contributed by atoms with Crippen molar-refractivity contribution >= 4 is 27.5 Å². The summed E-state index contributed by atoms with van der Waals surface area (Å²) in [5, 5.41) is 2.69. The largest absolute Gasteiger partial charge is 0.483 e. The number of sulfonamides is 1. The van der Waals surface area contributed by atoms with Crippen LogP contribution in [0, 0.1) is 13.8 Å². The van der Waals surface area contributed by atoms with Gasteiger partial charge in [0.1, 0.15) is 11.6 Å². The molecule has 0 saturated carbocycles. The second-order valence-corrected chi connectivity index (χ2v) is 8.99. The molecule has 3 rings (SSSR count). The molecule has 0 saturated heterocycles. The molecule has 1 amide bonds. The van der Waals surface area contributed by atoms with Crippen molar-refractivity contribution in [3.8, 4) is 5.75 Å². The van der Waals surface area contributed by atoms with E-state index in [0.717, 1.165) is 30.4 Å². The van der Waals surface area contributed by atoms with Gasteiger partial charge in [0.2, 0.25) is 0 Å². The molecule has 1 aliphatic rings. The highest BCUT2D eigenvalue weighted by Crippen LogP contribution is 2.21. The van der Waals surface area contributed by atoms with E-state index in [0.29, 0.717) is 30.2 Å². The van der Waals surface area contributed by atoms with Gasteiger partial charge in [-0.1, -0.05) is 24.6 Å². The Hall–Kier alpha value is -2.87. The van der Waals surface area contributed by atoms with Crippen LogP contribution in [-0.2, 0) is 14.8 Å². The van der Waals surface area contributed by atoms with Gasteiger partial charge in [-0.2, -0.15) is 0 Å². The molecule has 0 unspecified atom stereocenters. The molecule has 2 aromatic rings. The van der Waals surface area contributed by atoms with Gasteiger partial charge in [-0.25, -0.2) is 8.42 Å². The van der Waals surface area contributed by atoms with Crippen molar-refractivity contribution < 1.29 is 17.9 Å². The molecule has 8 heteroatoms. The summed E-state index contributed by atoms with van der Waals surface area (Å²) in [4.78, 5) is 16.7. The number of amides is 1. The van der Waals surface area contributed by atoms with E-state index in [9.17, 15) is 13.2 Å². The highest BCUT2D eigenvalue weighted by atomic mass is 32.2. The number of benzene rings is 2. The third kappa shape index (κ3) is 5.82. The van der Waals surface area contributed by atoms with Gasteiger partial charge < -0.3 is 10.1 Å². The van der Waals surface area contributed by atoms with Crippen LogP contribution in [0.5, 0.6) is 5.75 Å². The Morgan fingerprint density at radius 2 is 1.90 bits per heavy atom. The van der Waals surface area contributed by atoms with E-state index in [2.05, 4.69) is 15.0 Å². The SMILES string of the molecule is Cc1cccc(OCC(=O)Nc2cccc(S(=O)(=O)NC3=NCCCCC3)c2)c1C. The second-order valence-electron chi connectivity index (χ2n) is 7.31. The maximum Gasteiger partial charge on any atom is 0.262 e. The number of rotatable bonds is 6. The van der Waals surface area contributed by atoms with E-state index < -0.39 is 10.0 Å². The molecule has 30 heavy (non-hydrogen) atoms. The number of anilines is 1. The van der Waals surface area contributed by atoms with Crippen LogP contribution < -0.4 is 14.8 Å². The summed E-state index contributed by atoms with van der Waals surface area (Å²) in [6.45, 7) is 4.37. The molecule has 1 aliphatic heterocycles. The van der Waals surface area contributed by atoms with E-state index >= 15 is 0 Å². The smallest absolute Gasteiger partial charge is 0.262 e. The predicted molar refractivity (Wildman–Crippen MR) is 118 cm³/mol. The normalized spacial score (nSPS) is 14.4. The zero-order valence-corrected chi connectivity index (χ0v) is 18.1. The Labute approximate surface area is 177 Å². The van der Waals surface area contributed by atoms with Crippen LogP contribution in [0.4, 0.5) is 5.69 Å². The second kappa shape index (κ2) is 9.75. The predicted octanol–water partition coefficient (Wildman–Crippen LogP) is 3.57. The Balaban J connectivity index is 1.63. The Kier molecular flexibility index (Phi) is 7.10. The van der Waals surface area contributed by atoms with Gasteiger partial charge in [-0.3, -0.25) is 14.5 Å². The van der Waals surface area contributed by atoms with Crippen LogP contribution in [0.15, 0.2) is 52.4 Å². The zero-order valence-electron chi connectivity index (χ0n) is 17.3. The lowest BCUT2D eigenvalue weighted by Gasteiger charge is -2.12. The minimum atomic E-state index is -3.76. The number of hydrogen-bond donors (Lipinski definition) is 2. The molecular formula is C22H27N3O4S. The van der Waals surface area contributed by atoms with Crippen LogP contribution in [0.3, 0.4) is 0 Å². The van der Waals surface area contributed by atoms with E-state index in [1.807, 2.05) is 32.0 Å². The van der Waals surface area contributed by atoms with Crippen LogP contribution >= 0.6 is 0 Å². The van der Waals surface area contributed by atoms with E-state index in [1.54, 1.807) is 12.1 Å². The topological polar surface area (TPSA) is 96.9 Å². The van der Waals surface area contributed by atoms with Crippen molar-refractivity contribution in [1.29, 1.82) is 0 Å². The van der Waals surface area contributed by atoms with Gasteiger partial charge in [0.15, 0.2) is 6.61 Å². The summed E-state index contributed by atoms with van der Waals surface area (Å²) in [6, 6.07) is 11.8. The highest BCUT2D eigenvalue weighted by molar-refractivity contribution is 7.90. The molecule has 2 N–H and O–H groups in total. The van der Waals surface area contributed by atoms with Crippen LogP contribution in [0.1, 0.15) is 36.8 Å². The minimum Gasteiger partial charge on any atom is -0.483 e. The summed E-state index contributed by atoms with van der Waals surface area (Å²) in [6.07, 6.45) is 3.54. The summed E-state index contributed by atoms with van der Waals surface area (Å²) >= 11 is 0. The molecule has 0 aromatic heterocycles. The number of amidine groups is 1. The lowest BCUT2D eigenvalue weighted by atomic mass is 10.1. The first-order valence-electron chi connectivity index (χ1n) is 10.0. The van der Waals surface area contributed by atoms with Gasteiger partial charge in [-0.15, -0.1) is 0 Å². The standard InChI is InChI=1S/C22H27N3O4S/c1-16-8-6-11-20(17(16)2)29-15-22(26)24-18-9-7-10-19(14-18)30(27,28)25-21-12-4-3-5-13-23-21/h6-11,14H,3-5,12-13,15H2,1-2H3,(H,23,25)(H,24,26). The van der Waals surface area contributed by atoms with Crippen molar-refractivity contribution in [3.63, 3.8) is 0 Å². The number of hydrogen-bond acceptors (Lipinski definition) is 5. The number of aryl methyl sites for hydroxylation is 1. The van der Waals surface area contributed by atoms with E-state index in [4.69, 9.17) is 4.74 Å². The van der Waals surface area contributed by atoms with Crippen LogP contribution in [0.2, 0.25) is 0 Å². The summed E-state index contributed by atoms with van der Waals surface area (Å²) in [5.74, 6) is 0.769. The number of aliphatic imine (C=N–C) groups is 1. The van der Waals surface area contributed by atoms with Crippen molar-refractivity contribution in [2.45, 2.75) is 44.4 Å². The lowest BCUT2D eigenvalue weighted by molar-refractivity contribution is -0.118. The average Bonchev–Trinajstić information content (AvgIpc) is 2.97. The molecule has 1 heterocycles. The third-order valence-corrected chi connectivity index (χ3v) is 6.35. The number of carbonyl (C=O) groups excluding carboxylic acids is 1. The molecule has 2 aromatic carbocycles. The van der Waals surface area contributed by atoms with E-state index in [1.165, 1.54) is 12.1 Å². The molecule has 0 atom stereocenters. The molecule has 160 valence electrons. The quantitative estimate of drug-likeness (QED) is 0.734. The summed E-state index contributed by atoms with van der Waals surface area (Å²) < 4.78 is 33.6. The zero-order chi connectivity index (χ0) is 21.6. The first kappa shape index (κ1) is 21.8. The fourth-order valence-corrected chi connectivity index (χ4v) is 4.27. The van der Waals surface area contributed by atoms with E-state index in [-0.39, 0.29) is 17.4 Å². The lowest BCUT2D eigenvalue weighted by Crippen LogP contribution is -2.30. The fraction of sp³-hybridized carbons (Fsp3) is 0.364. The first-order valence-corrected chi connectivity index (χ1v) is 11.5. The van der Waals surface area contributed by atoms with Gasteiger partial charge in [0, 0.05) is 18.7 Å². The Bertz CT molecular complexity index is 1050. The van der Waals surface area contributed by atoms with Crippen molar-refractivity contribution in [3.05, 3.63) is 53.6 Å². The molecule has 0 radical (unpaired) electrons. The minimum absolute atomic E-state index is 0.0719. The maximum atomic E-state index is 12.7. The Morgan fingerprint density at radius 3 is 2.73 bits per heavy atom. The molecular weight excluding hydrogens is 402 g/mol. The van der Waals surface area contributed by atoms with Gasteiger partial charge in [0.05, 0.1) is 4.90 Å². The van der Waals surface area contributed by atoms with Crippen molar-refractivity contribution in [2.75, 3.05) is 18.5 Å². The fourth-order valence-electron chi connectivity index (χ4n) is 3.13. The van der Waals surface area contributed by atoms with Gasteiger partial charge >= 0.3 is 0 Å². The average molecular weight is 430 g/mol. The van der Waals surface area contributed by atoms with Crippen LogP contribution in [0.25, 0.3) is 0 Å². The van der Waals surface area contributed by atoms with Crippen molar-refractivity contribution in [2.24, 2.45) is 4.99 Å². The van der Waals surface area contributed by atoms with Crippen molar-refractivity contribution in [1.82, 2.24) is 4.72 Å². The molecule has 7 nitrogen and oxygen atoms in total. The Morgan fingerprint density at radius 1 is 1.10 bits per heavy atom. The summed E-state index contributed by atoms with van der Waals surface area (Å²) in [7, 11) is -3.76. The van der Waals surface area contributed by atoms with Gasteiger partial charge in [0.25, 0.3) is 15.9 Å². The number of ether oxygens (including phenoxy) is 1. The molecule has 0 aliphatic carbocycles. The summed E-state index contributed by atoms with van der Waals surface area (Å²) in [5.41, 5.74) is 2.44. The molecule has 0 spiro atoms. The monoisotopic (exact) mass is 429 g/mol. The molecule has 0 bridgehead atoms. The molecule has 0 fully saturated rings. The number of nitrogens with zero attached hydrogens (tertiary/aromatic N) is 1. The van der Waals surface area contributed by atoms with Gasteiger partial charge in [-0.05, 0) is 62.1 Å². The van der Waals surface area contributed by atoms with Crippen LogP contribution in [-0.4, -0.2) is 33.3 Å². The number of carbonyl (C=O) groups is 1.